The van der Waals surface area contributed by atoms with Crippen LogP contribution in [-0.2, 0) is 0 Å². The van der Waals surface area contributed by atoms with Gasteiger partial charge in [-0.1, -0.05) is 13.8 Å². The van der Waals surface area contributed by atoms with Gasteiger partial charge >= 0.3 is 0 Å². The van der Waals surface area contributed by atoms with Crippen molar-refractivity contribution in [2.75, 3.05) is 20.3 Å². The number of nitrogens with zero attached hydrogens (tertiary/aromatic N) is 2. The Labute approximate surface area is 51.2 Å². The van der Waals surface area contributed by atoms with Crippen molar-refractivity contribution in [1.82, 2.24) is 4.90 Å². The van der Waals surface area contributed by atoms with E-state index in [-0.39, 0.29) is 0 Å². The molecular formula is C6H14N2. The minimum Gasteiger partial charge on any atom is -0.282 e. The second-order valence-electron chi connectivity index (χ2n) is 1.55. The monoisotopic (exact) mass is 114 g/mol. The molecule has 2 heteroatoms. The summed E-state index contributed by atoms with van der Waals surface area (Å²) in [6, 6.07) is 0. The molecule has 0 bridgehead atoms. The van der Waals surface area contributed by atoms with Crippen LogP contribution >= 0.6 is 0 Å². The van der Waals surface area contributed by atoms with Gasteiger partial charge in [0.05, 0.1) is 6.67 Å². The Morgan fingerprint density at radius 1 is 1.50 bits per heavy atom. The molecule has 0 fully saturated rings. The van der Waals surface area contributed by atoms with Gasteiger partial charge in [-0.3, -0.25) is 9.89 Å². The Bertz CT molecular complexity index is 60.9. The van der Waals surface area contributed by atoms with Gasteiger partial charge in [-0.05, 0) is 7.05 Å². The Morgan fingerprint density at radius 2 is 2.12 bits per heavy atom. The first-order chi connectivity index (χ1) is 3.89. The van der Waals surface area contributed by atoms with E-state index in [0.717, 1.165) is 13.2 Å². The van der Waals surface area contributed by atoms with E-state index in [1.165, 1.54) is 0 Å². The van der Waals surface area contributed by atoms with Gasteiger partial charge in [-0.2, -0.15) is 0 Å². The smallest absolute Gasteiger partial charge is 0.0906 e. The summed E-state index contributed by atoms with van der Waals surface area (Å²) in [5, 5.41) is 0. The summed E-state index contributed by atoms with van der Waals surface area (Å²) in [5.74, 6) is 0. The van der Waals surface area contributed by atoms with Gasteiger partial charge in [0.25, 0.3) is 0 Å². The molecule has 0 amide bonds. The zero-order valence-corrected chi connectivity index (χ0v) is 5.89. The van der Waals surface area contributed by atoms with Crippen molar-refractivity contribution < 1.29 is 0 Å². The lowest BCUT2D eigenvalue weighted by Crippen LogP contribution is -2.12. The fraction of sp³-hybridized carbons (Fsp3) is 0.833. The van der Waals surface area contributed by atoms with Crippen LogP contribution in [0.25, 0.3) is 0 Å². The summed E-state index contributed by atoms with van der Waals surface area (Å²) >= 11 is 0. The predicted octanol–water partition coefficient (Wildman–Crippen LogP) is 0.986. The van der Waals surface area contributed by atoms with Crippen molar-refractivity contribution in [2.45, 2.75) is 13.8 Å². The third-order valence-corrected chi connectivity index (χ3v) is 0.845. The van der Waals surface area contributed by atoms with Gasteiger partial charge in [-0.25, -0.2) is 0 Å². The largest absolute Gasteiger partial charge is 0.282 e. The van der Waals surface area contributed by atoms with Crippen molar-refractivity contribution in [1.29, 1.82) is 0 Å². The highest BCUT2D eigenvalue weighted by atomic mass is 15.2. The number of hydrogen-bond acceptors (Lipinski definition) is 2. The fourth-order valence-electron chi connectivity index (χ4n) is 0.452. The molecule has 0 aromatic carbocycles. The highest BCUT2D eigenvalue weighted by Gasteiger charge is 1.95. The zero-order chi connectivity index (χ0) is 6.41. The molecule has 2 nitrogen and oxygen atoms in total. The third-order valence-electron chi connectivity index (χ3n) is 0.845. The maximum atomic E-state index is 3.97. The van der Waals surface area contributed by atoms with Crippen LogP contribution in [0.4, 0.5) is 0 Å². The lowest BCUT2D eigenvalue weighted by molar-refractivity contribution is 0.422. The molecule has 0 N–H and O–H groups in total. The van der Waals surface area contributed by atoms with Crippen LogP contribution in [0.2, 0.25) is 0 Å². The Balaban J connectivity index is 0.000000222. The van der Waals surface area contributed by atoms with Crippen LogP contribution in [0.5, 0.6) is 0 Å². The maximum absolute atomic E-state index is 3.97. The molecule has 0 spiro atoms. The molecule has 0 aliphatic carbocycles. The molecular weight excluding hydrogens is 100 g/mol. The second-order valence-corrected chi connectivity index (χ2v) is 1.55. The fourth-order valence-corrected chi connectivity index (χ4v) is 0.452. The average molecular weight is 114 g/mol. The van der Waals surface area contributed by atoms with Gasteiger partial charge in [0, 0.05) is 12.8 Å². The van der Waals surface area contributed by atoms with Crippen LogP contribution in [-0.4, -0.2) is 31.4 Å². The van der Waals surface area contributed by atoms with Gasteiger partial charge in [0.1, 0.15) is 0 Å². The lowest BCUT2D eigenvalue weighted by atomic mass is 10.7. The van der Waals surface area contributed by atoms with E-state index in [9.17, 15) is 0 Å². The normalized spacial score (nSPS) is 17.9. The van der Waals surface area contributed by atoms with E-state index in [0.29, 0.717) is 0 Å². The molecule has 0 unspecified atom stereocenters. The summed E-state index contributed by atoms with van der Waals surface area (Å²) in [6.45, 7) is 5.92. The molecule has 0 radical (unpaired) electrons. The Hall–Kier alpha value is -0.370. The summed E-state index contributed by atoms with van der Waals surface area (Å²) in [4.78, 5) is 6.10. The highest BCUT2D eigenvalue weighted by Crippen LogP contribution is 1.85. The van der Waals surface area contributed by atoms with Crippen LogP contribution in [0.1, 0.15) is 13.8 Å². The number of rotatable bonds is 0. The molecule has 0 atom stereocenters. The number of aliphatic imine (C=N–C) groups is 1. The van der Waals surface area contributed by atoms with E-state index in [4.69, 9.17) is 0 Å². The average Bonchev–Trinajstić information content (AvgIpc) is 2.24. The van der Waals surface area contributed by atoms with Crippen molar-refractivity contribution in [3.05, 3.63) is 0 Å². The summed E-state index contributed by atoms with van der Waals surface area (Å²) < 4.78 is 0. The molecule has 1 rings (SSSR count). The van der Waals surface area contributed by atoms with E-state index in [1.807, 2.05) is 27.1 Å². The summed E-state index contributed by atoms with van der Waals surface area (Å²) in [5.41, 5.74) is 0. The van der Waals surface area contributed by atoms with Crippen molar-refractivity contribution >= 4 is 6.21 Å². The van der Waals surface area contributed by atoms with Crippen molar-refractivity contribution in [3.63, 3.8) is 0 Å². The quantitative estimate of drug-likeness (QED) is 0.458. The first-order valence-corrected chi connectivity index (χ1v) is 3.06. The number of hydrogen-bond donors (Lipinski definition) is 0. The Kier molecular flexibility index (Phi) is 4.56. The van der Waals surface area contributed by atoms with Crippen LogP contribution < -0.4 is 0 Å². The standard InChI is InChI=1S/C4H8N2.C2H6/c1-6-3-2-5-4-6;1-2/h2H,3-4H2,1H3;1-2H3. The zero-order valence-electron chi connectivity index (χ0n) is 5.89. The van der Waals surface area contributed by atoms with Gasteiger partial charge in [-0.15, -0.1) is 0 Å². The van der Waals surface area contributed by atoms with Crippen LogP contribution in [0, 0.1) is 0 Å². The molecule has 0 aromatic heterocycles. The molecule has 8 heavy (non-hydrogen) atoms. The van der Waals surface area contributed by atoms with Gasteiger partial charge in [0.15, 0.2) is 0 Å². The van der Waals surface area contributed by atoms with Crippen LogP contribution in [0.15, 0.2) is 4.99 Å². The minimum absolute atomic E-state index is 0.889. The van der Waals surface area contributed by atoms with Gasteiger partial charge in [0.2, 0.25) is 0 Å². The molecule has 48 valence electrons. The first-order valence-electron chi connectivity index (χ1n) is 3.06. The molecule has 0 saturated heterocycles. The SMILES string of the molecule is CC.CN1CC=NC1. The van der Waals surface area contributed by atoms with Gasteiger partial charge < -0.3 is 0 Å². The van der Waals surface area contributed by atoms with E-state index < -0.39 is 0 Å². The van der Waals surface area contributed by atoms with Crippen molar-refractivity contribution in [3.8, 4) is 0 Å². The third kappa shape index (κ3) is 2.75. The second kappa shape index (κ2) is 4.78. The molecule has 1 heterocycles. The van der Waals surface area contributed by atoms with Crippen LogP contribution in [0.3, 0.4) is 0 Å². The molecule has 0 saturated carbocycles. The summed E-state index contributed by atoms with van der Waals surface area (Å²) in [6.07, 6.45) is 1.93. The van der Waals surface area contributed by atoms with E-state index in [1.54, 1.807) is 0 Å². The highest BCUT2D eigenvalue weighted by molar-refractivity contribution is 5.61. The molecule has 0 aromatic rings. The summed E-state index contributed by atoms with van der Waals surface area (Å²) in [7, 11) is 2.05. The lowest BCUT2D eigenvalue weighted by Gasteiger charge is -1.99. The maximum Gasteiger partial charge on any atom is 0.0906 e. The van der Waals surface area contributed by atoms with E-state index in [2.05, 4.69) is 9.89 Å². The predicted molar refractivity (Wildman–Crippen MR) is 37.3 cm³/mol. The first kappa shape index (κ1) is 7.63. The Morgan fingerprint density at radius 3 is 2.25 bits per heavy atom. The van der Waals surface area contributed by atoms with Crippen molar-refractivity contribution in [2.24, 2.45) is 4.99 Å². The molecule has 1 aliphatic rings. The molecule has 1 aliphatic heterocycles. The minimum atomic E-state index is 0.889. The van der Waals surface area contributed by atoms with E-state index >= 15 is 0 Å². The topological polar surface area (TPSA) is 15.6 Å².